The Morgan fingerprint density at radius 3 is 2.45 bits per heavy atom. The number of aliphatic imine (C=N–C) groups is 1. The van der Waals surface area contributed by atoms with E-state index < -0.39 is 0 Å². The van der Waals surface area contributed by atoms with Crippen LogP contribution in [0.4, 0.5) is 5.69 Å². The number of hydrogen-bond acceptors (Lipinski definition) is 6. The number of aliphatic hydroxyl groups excluding tert-OH is 1. The van der Waals surface area contributed by atoms with E-state index in [1.54, 1.807) is 7.05 Å². The van der Waals surface area contributed by atoms with Crippen LogP contribution in [0.15, 0.2) is 41.0 Å². The molecule has 1 saturated heterocycles. The summed E-state index contributed by atoms with van der Waals surface area (Å²) < 4.78 is 0.112. The monoisotopic (exact) mass is 419 g/mol. The lowest BCUT2D eigenvalue weighted by Gasteiger charge is -2.38. The SMILES string of the molecule is CC/C=C(\N=C(N)c1ccc(N)cc1)C1(SC2CC2)CCNCC1.CNCCO. The first kappa shape index (κ1) is 23.7. The molecule has 2 fully saturated rings. The van der Waals surface area contributed by atoms with E-state index >= 15 is 0 Å². The molecule has 2 aliphatic rings. The zero-order valence-electron chi connectivity index (χ0n) is 17.8. The molecule has 0 aromatic heterocycles. The van der Waals surface area contributed by atoms with Crippen molar-refractivity contribution in [3.8, 4) is 0 Å². The molecule has 1 aliphatic carbocycles. The number of amidine groups is 1. The fraction of sp³-hybridized carbons (Fsp3) is 0.591. The highest BCUT2D eigenvalue weighted by Gasteiger charge is 2.41. The number of anilines is 1. The largest absolute Gasteiger partial charge is 0.399 e. The molecule has 7 heteroatoms. The first-order valence-electron chi connectivity index (χ1n) is 10.6. The summed E-state index contributed by atoms with van der Waals surface area (Å²) in [5, 5.41) is 15.1. The van der Waals surface area contributed by atoms with Crippen molar-refractivity contribution in [2.24, 2.45) is 10.7 Å². The van der Waals surface area contributed by atoms with Gasteiger partial charge in [0.2, 0.25) is 0 Å². The van der Waals surface area contributed by atoms with Gasteiger partial charge in [0.05, 0.1) is 17.1 Å². The molecule has 0 bridgehead atoms. The Hall–Kier alpha value is -1.54. The van der Waals surface area contributed by atoms with Crippen LogP contribution in [-0.4, -0.2) is 54.2 Å². The molecule has 0 atom stereocenters. The lowest BCUT2D eigenvalue weighted by atomic mass is 9.92. The fourth-order valence-electron chi connectivity index (χ4n) is 3.26. The maximum absolute atomic E-state index is 8.00. The van der Waals surface area contributed by atoms with Gasteiger partial charge in [-0.2, -0.15) is 0 Å². The number of piperidine rings is 1. The van der Waals surface area contributed by atoms with Crippen LogP contribution < -0.4 is 22.1 Å². The summed E-state index contributed by atoms with van der Waals surface area (Å²) in [7, 11) is 1.80. The fourth-order valence-corrected chi connectivity index (χ4v) is 4.96. The van der Waals surface area contributed by atoms with Crippen molar-refractivity contribution in [2.45, 2.75) is 49.0 Å². The minimum atomic E-state index is 0.112. The minimum absolute atomic E-state index is 0.112. The number of benzene rings is 1. The smallest absolute Gasteiger partial charge is 0.130 e. The van der Waals surface area contributed by atoms with E-state index in [1.165, 1.54) is 12.8 Å². The Morgan fingerprint density at radius 2 is 1.97 bits per heavy atom. The summed E-state index contributed by atoms with van der Waals surface area (Å²) in [5.74, 6) is 0.587. The van der Waals surface area contributed by atoms with Crippen molar-refractivity contribution >= 4 is 23.3 Å². The quantitative estimate of drug-likeness (QED) is 0.252. The molecule has 0 spiro atoms. The van der Waals surface area contributed by atoms with Crippen LogP contribution in [0.1, 0.15) is 44.6 Å². The minimum Gasteiger partial charge on any atom is -0.399 e. The predicted molar refractivity (Wildman–Crippen MR) is 126 cm³/mol. The molecular weight excluding hydrogens is 382 g/mol. The maximum Gasteiger partial charge on any atom is 0.130 e. The van der Waals surface area contributed by atoms with Crippen molar-refractivity contribution in [1.82, 2.24) is 10.6 Å². The summed E-state index contributed by atoms with van der Waals surface area (Å²) in [6.07, 6.45) is 8.18. The molecule has 0 unspecified atom stereocenters. The van der Waals surface area contributed by atoms with Crippen molar-refractivity contribution in [3.63, 3.8) is 0 Å². The van der Waals surface area contributed by atoms with Crippen LogP contribution in [0.3, 0.4) is 0 Å². The van der Waals surface area contributed by atoms with Crippen LogP contribution in [-0.2, 0) is 0 Å². The molecule has 3 rings (SSSR count). The molecule has 6 nitrogen and oxygen atoms in total. The van der Waals surface area contributed by atoms with Crippen molar-refractivity contribution in [2.75, 3.05) is 39.0 Å². The van der Waals surface area contributed by atoms with E-state index in [4.69, 9.17) is 21.6 Å². The third-order valence-electron chi connectivity index (χ3n) is 5.00. The number of aliphatic hydroxyl groups is 1. The number of nitrogen functional groups attached to an aromatic ring is 1. The molecule has 1 heterocycles. The van der Waals surface area contributed by atoms with Crippen LogP contribution in [0, 0.1) is 0 Å². The van der Waals surface area contributed by atoms with Gasteiger partial charge < -0.3 is 27.2 Å². The summed E-state index contributed by atoms with van der Waals surface area (Å²) in [6, 6.07) is 7.64. The number of rotatable bonds is 8. The summed E-state index contributed by atoms with van der Waals surface area (Å²) >= 11 is 2.13. The van der Waals surface area contributed by atoms with E-state index in [9.17, 15) is 0 Å². The Morgan fingerprint density at radius 1 is 1.31 bits per heavy atom. The number of thioether (sulfide) groups is 1. The van der Waals surface area contributed by atoms with Gasteiger partial charge in [-0.25, -0.2) is 4.99 Å². The molecule has 1 saturated carbocycles. The van der Waals surface area contributed by atoms with Crippen molar-refractivity contribution in [3.05, 3.63) is 41.6 Å². The van der Waals surface area contributed by atoms with Gasteiger partial charge in [-0.15, -0.1) is 11.8 Å². The Balaban J connectivity index is 0.000000537. The van der Waals surface area contributed by atoms with Gasteiger partial charge in [-0.1, -0.05) is 13.0 Å². The first-order valence-corrected chi connectivity index (χ1v) is 11.5. The molecule has 7 N–H and O–H groups in total. The molecule has 1 aliphatic heterocycles. The van der Waals surface area contributed by atoms with Gasteiger partial charge in [-0.3, -0.25) is 0 Å². The summed E-state index contributed by atoms with van der Waals surface area (Å²) in [6.45, 7) is 5.21. The number of hydrogen-bond donors (Lipinski definition) is 5. The van der Waals surface area contributed by atoms with E-state index in [0.717, 1.165) is 54.5 Å². The van der Waals surface area contributed by atoms with Gasteiger partial charge in [0.1, 0.15) is 5.84 Å². The second kappa shape index (κ2) is 12.2. The highest BCUT2D eigenvalue weighted by molar-refractivity contribution is 8.01. The van der Waals surface area contributed by atoms with E-state index in [2.05, 4.69) is 35.4 Å². The highest BCUT2D eigenvalue weighted by atomic mass is 32.2. The topological polar surface area (TPSA) is 109 Å². The number of nitrogens with zero attached hydrogens (tertiary/aromatic N) is 1. The summed E-state index contributed by atoms with van der Waals surface area (Å²) in [5.41, 5.74) is 15.0. The average molecular weight is 420 g/mol. The zero-order valence-corrected chi connectivity index (χ0v) is 18.6. The number of likely N-dealkylation sites (N-methyl/N-ethyl adjacent to an activating group) is 1. The van der Waals surface area contributed by atoms with Gasteiger partial charge in [0, 0.05) is 23.0 Å². The molecule has 162 valence electrons. The first-order chi connectivity index (χ1) is 14.0. The van der Waals surface area contributed by atoms with Crippen molar-refractivity contribution < 1.29 is 5.11 Å². The Kier molecular flexibility index (Phi) is 10.0. The lowest BCUT2D eigenvalue weighted by molar-refractivity contribution is 0.296. The summed E-state index contributed by atoms with van der Waals surface area (Å²) in [4.78, 5) is 4.91. The van der Waals surface area contributed by atoms with E-state index in [-0.39, 0.29) is 11.4 Å². The average Bonchev–Trinajstić information content (AvgIpc) is 3.54. The predicted octanol–water partition coefficient (Wildman–Crippen LogP) is 2.48. The lowest BCUT2D eigenvalue weighted by Crippen LogP contribution is -2.41. The van der Waals surface area contributed by atoms with Gasteiger partial charge in [0.15, 0.2) is 0 Å². The van der Waals surface area contributed by atoms with Crippen molar-refractivity contribution in [1.29, 1.82) is 0 Å². The second-order valence-electron chi connectivity index (χ2n) is 7.51. The van der Waals surface area contributed by atoms with E-state index in [1.807, 2.05) is 24.3 Å². The highest BCUT2D eigenvalue weighted by Crippen LogP contribution is 2.50. The number of nitrogens with two attached hydrogens (primary N) is 2. The third kappa shape index (κ3) is 7.66. The van der Waals surface area contributed by atoms with Crippen LogP contribution in [0.25, 0.3) is 0 Å². The van der Waals surface area contributed by atoms with Gasteiger partial charge >= 0.3 is 0 Å². The van der Waals surface area contributed by atoms with Crippen LogP contribution in [0.2, 0.25) is 0 Å². The van der Waals surface area contributed by atoms with E-state index in [0.29, 0.717) is 12.4 Å². The molecule has 0 amide bonds. The molecular formula is C22H37N5OS. The van der Waals surface area contributed by atoms with Gasteiger partial charge in [-0.05, 0) is 76.5 Å². The molecule has 0 radical (unpaired) electrons. The zero-order chi connectivity index (χ0) is 21.1. The second-order valence-corrected chi connectivity index (χ2v) is 9.19. The maximum atomic E-state index is 8.00. The standard InChI is InChI=1S/C19H28N4S.C3H9NO/c1-2-3-17(23-18(21)14-4-6-15(20)7-5-14)19(24-16-8-9-16)10-12-22-13-11-19;1-4-2-3-5/h3-7,16,22H,2,8-13,20H2,1H3,(H2,21,23);4-5H,2-3H2,1H3/b17-3-;. The molecule has 1 aromatic carbocycles. The number of nitrogens with one attached hydrogen (secondary N) is 2. The van der Waals surface area contributed by atoms with Crippen LogP contribution in [0.5, 0.6) is 0 Å². The van der Waals surface area contributed by atoms with Gasteiger partial charge in [0.25, 0.3) is 0 Å². The Bertz CT molecular complexity index is 662. The Labute approximate surface area is 179 Å². The van der Waals surface area contributed by atoms with Crippen LogP contribution >= 0.6 is 11.8 Å². The molecule has 1 aromatic rings. The third-order valence-corrected chi connectivity index (χ3v) is 6.87. The molecule has 29 heavy (non-hydrogen) atoms. The number of allylic oxidation sites excluding steroid dienone is 1. The normalized spacial score (nSPS) is 19.4.